The van der Waals surface area contributed by atoms with Gasteiger partial charge in [0, 0.05) is 5.92 Å². The lowest BCUT2D eigenvalue weighted by Gasteiger charge is -2.23. The van der Waals surface area contributed by atoms with Crippen LogP contribution in [0.2, 0.25) is 0 Å². The van der Waals surface area contributed by atoms with Gasteiger partial charge in [-0.2, -0.15) is 0 Å². The minimum atomic E-state index is -3.08. The van der Waals surface area contributed by atoms with E-state index in [1.807, 2.05) is 18.2 Å². The average molecular weight is 295 g/mol. The number of hydrogen-bond donors (Lipinski definition) is 1. The van der Waals surface area contributed by atoms with E-state index in [2.05, 4.69) is 19.2 Å². The Labute approximate surface area is 122 Å². The molecule has 1 N–H and O–H groups in total. The molecular formula is C16H25NO2S. The third-order valence-corrected chi connectivity index (χ3v) is 5.95. The Morgan fingerprint density at radius 3 is 2.70 bits per heavy atom. The van der Waals surface area contributed by atoms with E-state index in [1.165, 1.54) is 0 Å². The SMILES string of the molecule is CCCNCC(CCC)C1CS(=O)(=O)c2ccccc21. The first-order valence-corrected chi connectivity index (χ1v) is 9.27. The van der Waals surface area contributed by atoms with Crippen molar-refractivity contribution in [2.24, 2.45) is 5.92 Å². The Hall–Kier alpha value is -0.870. The van der Waals surface area contributed by atoms with E-state index in [1.54, 1.807) is 6.07 Å². The molecule has 0 bridgehead atoms. The van der Waals surface area contributed by atoms with Crippen LogP contribution < -0.4 is 5.32 Å². The Morgan fingerprint density at radius 1 is 1.25 bits per heavy atom. The number of nitrogens with one attached hydrogen (secondary N) is 1. The fourth-order valence-corrected chi connectivity index (χ4v) is 5.13. The first-order chi connectivity index (χ1) is 9.60. The summed E-state index contributed by atoms with van der Waals surface area (Å²) in [5.74, 6) is 0.843. The summed E-state index contributed by atoms with van der Waals surface area (Å²) in [5, 5.41) is 3.46. The van der Waals surface area contributed by atoms with E-state index < -0.39 is 9.84 Å². The Balaban J connectivity index is 2.22. The normalized spacial score (nSPS) is 21.6. The van der Waals surface area contributed by atoms with Gasteiger partial charge in [0.1, 0.15) is 0 Å². The smallest absolute Gasteiger partial charge is 0.179 e. The lowest BCUT2D eigenvalue weighted by atomic mass is 9.84. The minimum Gasteiger partial charge on any atom is -0.316 e. The summed E-state index contributed by atoms with van der Waals surface area (Å²) in [5.41, 5.74) is 1.03. The van der Waals surface area contributed by atoms with Crippen molar-refractivity contribution in [1.29, 1.82) is 0 Å². The highest BCUT2D eigenvalue weighted by Gasteiger charge is 2.38. The molecule has 2 rings (SSSR count). The van der Waals surface area contributed by atoms with Crippen molar-refractivity contribution in [2.75, 3.05) is 18.8 Å². The van der Waals surface area contributed by atoms with Crippen LogP contribution in [0.1, 0.15) is 44.6 Å². The van der Waals surface area contributed by atoms with Gasteiger partial charge in [0.2, 0.25) is 0 Å². The zero-order valence-electron chi connectivity index (χ0n) is 12.4. The van der Waals surface area contributed by atoms with Crippen LogP contribution in [0.5, 0.6) is 0 Å². The Morgan fingerprint density at radius 2 is 2.00 bits per heavy atom. The molecule has 0 saturated carbocycles. The molecule has 0 spiro atoms. The zero-order chi connectivity index (χ0) is 14.6. The van der Waals surface area contributed by atoms with Gasteiger partial charge in [-0.25, -0.2) is 8.42 Å². The van der Waals surface area contributed by atoms with Crippen LogP contribution in [0.4, 0.5) is 0 Å². The molecule has 1 aromatic carbocycles. The molecule has 0 aliphatic carbocycles. The molecule has 112 valence electrons. The predicted molar refractivity (Wildman–Crippen MR) is 82.8 cm³/mol. The van der Waals surface area contributed by atoms with Crippen LogP contribution in [-0.4, -0.2) is 27.3 Å². The van der Waals surface area contributed by atoms with Gasteiger partial charge in [0.25, 0.3) is 0 Å². The molecule has 0 radical (unpaired) electrons. The van der Waals surface area contributed by atoms with Crippen LogP contribution in [0.25, 0.3) is 0 Å². The van der Waals surface area contributed by atoms with Crippen LogP contribution in [0.3, 0.4) is 0 Å². The summed E-state index contributed by atoms with van der Waals surface area (Å²) in [6, 6.07) is 7.53. The van der Waals surface area contributed by atoms with Gasteiger partial charge in [-0.05, 0) is 43.5 Å². The molecule has 2 atom stereocenters. The monoisotopic (exact) mass is 295 g/mol. The van der Waals surface area contributed by atoms with E-state index in [-0.39, 0.29) is 11.7 Å². The molecular weight excluding hydrogens is 270 g/mol. The van der Waals surface area contributed by atoms with Crippen molar-refractivity contribution < 1.29 is 8.42 Å². The number of rotatable bonds is 7. The molecule has 1 aliphatic rings. The molecule has 0 aromatic heterocycles. The molecule has 0 fully saturated rings. The minimum absolute atomic E-state index is 0.153. The lowest BCUT2D eigenvalue weighted by Crippen LogP contribution is -2.28. The summed E-state index contributed by atoms with van der Waals surface area (Å²) in [6.07, 6.45) is 3.28. The van der Waals surface area contributed by atoms with Crippen molar-refractivity contribution in [3.8, 4) is 0 Å². The van der Waals surface area contributed by atoms with Gasteiger partial charge in [0.05, 0.1) is 10.6 Å². The van der Waals surface area contributed by atoms with Crippen LogP contribution in [-0.2, 0) is 9.84 Å². The standard InChI is InChI=1S/C16H25NO2S/c1-3-7-13(11-17-10-4-2)15-12-20(18,19)16-9-6-5-8-14(15)16/h5-6,8-9,13,15,17H,3-4,7,10-12H2,1-2H3. The van der Waals surface area contributed by atoms with Crippen molar-refractivity contribution >= 4 is 9.84 Å². The van der Waals surface area contributed by atoms with Gasteiger partial charge >= 0.3 is 0 Å². The molecule has 4 heteroatoms. The van der Waals surface area contributed by atoms with Crippen LogP contribution in [0, 0.1) is 5.92 Å². The second kappa shape index (κ2) is 6.72. The molecule has 0 amide bonds. The zero-order valence-corrected chi connectivity index (χ0v) is 13.2. The Bertz CT molecular complexity index is 539. The van der Waals surface area contributed by atoms with Crippen molar-refractivity contribution in [3.05, 3.63) is 29.8 Å². The summed E-state index contributed by atoms with van der Waals surface area (Å²) in [7, 11) is -3.08. The van der Waals surface area contributed by atoms with E-state index in [0.717, 1.165) is 37.9 Å². The maximum atomic E-state index is 12.3. The van der Waals surface area contributed by atoms with Gasteiger partial charge in [0.15, 0.2) is 9.84 Å². The molecule has 3 nitrogen and oxygen atoms in total. The quantitative estimate of drug-likeness (QED) is 0.787. The van der Waals surface area contributed by atoms with E-state index >= 15 is 0 Å². The van der Waals surface area contributed by atoms with E-state index in [4.69, 9.17) is 0 Å². The van der Waals surface area contributed by atoms with Crippen molar-refractivity contribution in [2.45, 2.75) is 43.9 Å². The van der Waals surface area contributed by atoms with Gasteiger partial charge in [-0.1, -0.05) is 38.5 Å². The molecule has 1 aliphatic heterocycles. The molecule has 1 aromatic rings. The van der Waals surface area contributed by atoms with E-state index in [9.17, 15) is 8.42 Å². The molecule has 20 heavy (non-hydrogen) atoms. The fraction of sp³-hybridized carbons (Fsp3) is 0.625. The third-order valence-electron chi connectivity index (χ3n) is 4.11. The topological polar surface area (TPSA) is 46.2 Å². The summed E-state index contributed by atoms with van der Waals surface area (Å²) >= 11 is 0. The summed E-state index contributed by atoms with van der Waals surface area (Å²) < 4.78 is 24.6. The van der Waals surface area contributed by atoms with Crippen LogP contribution in [0.15, 0.2) is 29.2 Å². The van der Waals surface area contributed by atoms with Crippen molar-refractivity contribution in [3.63, 3.8) is 0 Å². The number of benzene rings is 1. The summed E-state index contributed by atoms with van der Waals surface area (Å²) in [6.45, 7) is 6.23. The van der Waals surface area contributed by atoms with E-state index in [0.29, 0.717) is 10.8 Å². The number of sulfone groups is 1. The second-order valence-electron chi connectivity index (χ2n) is 5.68. The highest BCUT2D eigenvalue weighted by molar-refractivity contribution is 7.91. The largest absolute Gasteiger partial charge is 0.316 e. The van der Waals surface area contributed by atoms with Gasteiger partial charge < -0.3 is 5.32 Å². The highest BCUT2D eigenvalue weighted by atomic mass is 32.2. The first-order valence-electron chi connectivity index (χ1n) is 7.62. The summed E-state index contributed by atoms with van der Waals surface area (Å²) in [4.78, 5) is 0.557. The van der Waals surface area contributed by atoms with Gasteiger partial charge in [-0.15, -0.1) is 0 Å². The number of hydrogen-bond acceptors (Lipinski definition) is 3. The van der Waals surface area contributed by atoms with Crippen LogP contribution >= 0.6 is 0 Å². The molecule has 2 unspecified atom stereocenters. The first kappa shape index (κ1) is 15.5. The maximum Gasteiger partial charge on any atom is 0.179 e. The highest BCUT2D eigenvalue weighted by Crippen LogP contribution is 2.40. The number of fused-ring (bicyclic) bond motifs is 1. The average Bonchev–Trinajstić information content (AvgIpc) is 2.71. The predicted octanol–water partition coefficient (Wildman–Crippen LogP) is 2.97. The lowest BCUT2D eigenvalue weighted by molar-refractivity contribution is 0.388. The maximum absolute atomic E-state index is 12.3. The van der Waals surface area contributed by atoms with Crippen molar-refractivity contribution in [1.82, 2.24) is 5.32 Å². The second-order valence-corrected chi connectivity index (χ2v) is 7.68. The molecule has 0 saturated heterocycles. The fourth-order valence-electron chi connectivity index (χ4n) is 3.16. The van der Waals surface area contributed by atoms with Gasteiger partial charge in [-0.3, -0.25) is 0 Å². The Kier molecular flexibility index (Phi) is 5.22. The molecule has 1 heterocycles. The third kappa shape index (κ3) is 3.23.